The number of carbonyl (C=O) groups excluding carboxylic acids is 1. The highest BCUT2D eigenvalue weighted by molar-refractivity contribution is 5.89. The lowest BCUT2D eigenvalue weighted by atomic mass is 10.1. The van der Waals surface area contributed by atoms with Crippen molar-refractivity contribution in [2.24, 2.45) is 0 Å². The van der Waals surface area contributed by atoms with Gasteiger partial charge in [0.1, 0.15) is 0 Å². The molecule has 0 radical (unpaired) electrons. The Morgan fingerprint density at radius 3 is 2.53 bits per heavy atom. The molecule has 1 rings (SSSR count). The standard InChI is InChI=1S/C15H18O2/c1-3-5-6-13-7-9-14(10-8-13)11-12-15(16)17-4-2/h7-10H,3-6H2,1-2H3. The van der Waals surface area contributed by atoms with Crippen molar-refractivity contribution in [1.82, 2.24) is 0 Å². The van der Waals surface area contributed by atoms with Gasteiger partial charge in [-0.15, -0.1) is 0 Å². The number of hydrogen-bond acceptors (Lipinski definition) is 2. The van der Waals surface area contributed by atoms with Crippen molar-refractivity contribution in [1.29, 1.82) is 0 Å². The van der Waals surface area contributed by atoms with Crippen molar-refractivity contribution in [3.63, 3.8) is 0 Å². The molecule has 0 atom stereocenters. The smallest absolute Gasteiger partial charge is 0.384 e. The van der Waals surface area contributed by atoms with E-state index in [-0.39, 0.29) is 0 Å². The van der Waals surface area contributed by atoms with Crippen LogP contribution in [-0.4, -0.2) is 12.6 Å². The van der Waals surface area contributed by atoms with Crippen LogP contribution in [0.1, 0.15) is 37.8 Å². The van der Waals surface area contributed by atoms with Crippen LogP contribution in [0.25, 0.3) is 0 Å². The molecule has 1 aromatic carbocycles. The second kappa shape index (κ2) is 7.51. The maximum Gasteiger partial charge on any atom is 0.384 e. The number of ether oxygens (including phenoxy) is 1. The minimum absolute atomic E-state index is 0.365. The SMILES string of the molecule is CCCCc1ccc(C#CC(=O)OCC)cc1. The number of rotatable bonds is 4. The monoisotopic (exact) mass is 230 g/mol. The van der Waals surface area contributed by atoms with Crippen molar-refractivity contribution in [3.05, 3.63) is 35.4 Å². The van der Waals surface area contributed by atoms with Gasteiger partial charge in [0, 0.05) is 11.5 Å². The van der Waals surface area contributed by atoms with E-state index in [1.54, 1.807) is 6.92 Å². The zero-order chi connectivity index (χ0) is 12.5. The van der Waals surface area contributed by atoms with Crippen LogP contribution in [0.4, 0.5) is 0 Å². The summed E-state index contributed by atoms with van der Waals surface area (Å²) in [6.45, 7) is 4.31. The number of hydrogen-bond donors (Lipinski definition) is 0. The molecule has 0 aromatic heterocycles. The quantitative estimate of drug-likeness (QED) is 0.587. The third-order valence-electron chi connectivity index (χ3n) is 2.36. The molecular weight excluding hydrogens is 212 g/mol. The van der Waals surface area contributed by atoms with Gasteiger partial charge in [-0.3, -0.25) is 0 Å². The Morgan fingerprint density at radius 1 is 1.24 bits per heavy atom. The fourth-order valence-corrected chi connectivity index (χ4v) is 1.43. The predicted molar refractivity (Wildman–Crippen MR) is 68.6 cm³/mol. The van der Waals surface area contributed by atoms with Gasteiger partial charge in [-0.05, 0) is 37.5 Å². The molecule has 2 nitrogen and oxygen atoms in total. The fourth-order valence-electron chi connectivity index (χ4n) is 1.43. The number of benzene rings is 1. The van der Waals surface area contributed by atoms with Gasteiger partial charge in [-0.2, -0.15) is 0 Å². The zero-order valence-corrected chi connectivity index (χ0v) is 10.5. The summed E-state index contributed by atoms with van der Waals surface area (Å²) < 4.78 is 4.73. The van der Waals surface area contributed by atoms with Crippen molar-refractivity contribution >= 4 is 5.97 Å². The fraction of sp³-hybridized carbons (Fsp3) is 0.400. The molecule has 0 amide bonds. The van der Waals surface area contributed by atoms with Crippen LogP contribution < -0.4 is 0 Å². The molecule has 0 aliphatic carbocycles. The molecular formula is C15H18O2. The minimum atomic E-state index is -0.470. The maximum absolute atomic E-state index is 11.0. The van der Waals surface area contributed by atoms with Gasteiger partial charge >= 0.3 is 5.97 Å². The Hall–Kier alpha value is -1.75. The third-order valence-corrected chi connectivity index (χ3v) is 2.36. The van der Waals surface area contributed by atoms with Crippen LogP contribution in [0.2, 0.25) is 0 Å². The molecule has 0 spiro atoms. The average Bonchev–Trinajstić information content (AvgIpc) is 2.35. The summed E-state index contributed by atoms with van der Waals surface area (Å²) in [5, 5.41) is 0. The topological polar surface area (TPSA) is 26.3 Å². The van der Waals surface area contributed by atoms with E-state index in [9.17, 15) is 4.79 Å². The van der Waals surface area contributed by atoms with Gasteiger partial charge in [0.05, 0.1) is 6.61 Å². The van der Waals surface area contributed by atoms with Crippen molar-refractivity contribution in [2.45, 2.75) is 33.1 Å². The Bertz CT molecular complexity index is 407. The van der Waals surface area contributed by atoms with Gasteiger partial charge in [-0.25, -0.2) is 4.79 Å². The summed E-state index contributed by atoms with van der Waals surface area (Å²) in [6, 6.07) is 8.00. The summed E-state index contributed by atoms with van der Waals surface area (Å²) in [4.78, 5) is 11.0. The summed E-state index contributed by atoms with van der Waals surface area (Å²) >= 11 is 0. The predicted octanol–water partition coefficient (Wildman–Crippen LogP) is 2.94. The molecule has 0 saturated carbocycles. The average molecular weight is 230 g/mol. The van der Waals surface area contributed by atoms with E-state index in [1.807, 2.05) is 12.1 Å². The molecule has 0 aliphatic rings. The molecule has 2 heteroatoms. The van der Waals surface area contributed by atoms with Crippen LogP contribution in [0.5, 0.6) is 0 Å². The maximum atomic E-state index is 11.0. The first-order valence-electron chi connectivity index (χ1n) is 6.04. The van der Waals surface area contributed by atoms with Crippen molar-refractivity contribution in [3.8, 4) is 11.8 Å². The summed E-state index contributed by atoms with van der Waals surface area (Å²) in [5.41, 5.74) is 2.16. The van der Waals surface area contributed by atoms with Gasteiger partial charge < -0.3 is 4.74 Å². The largest absolute Gasteiger partial charge is 0.456 e. The second-order valence-corrected chi connectivity index (χ2v) is 3.77. The van der Waals surface area contributed by atoms with E-state index in [2.05, 4.69) is 30.9 Å². The molecule has 0 heterocycles. The molecule has 0 saturated heterocycles. The highest BCUT2D eigenvalue weighted by Crippen LogP contribution is 2.06. The lowest BCUT2D eigenvalue weighted by molar-refractivity contribution is -0.136. The van der Waals surface area contributed by atoms with Crippen LogP contribution >= 0.6 is 0 Å². The number of unbranched alkanes of at least 4 members (excludes halogenated alkanes) is 1. The molecule has 0 N–H and O–H groups in total. The van der Waals surface area contributed by atoms with E-state index < -0.39 is 5.97 Å². The number of carbonyl (C=O) groups is 1. The number of esters is 1. The first-order chi connectivity index (χ1) is 8.26. The van der Waals surface area contributed by atoms with E-state index in [0.29, 0.717) is 6.61 Å². The Morgan fingerprint density at radius 2 is 1.94 bits per heavy atom. The second-order valence-electron chi connectivity index (χ2n) is 3.77. The Kier molecular flexibility index (Phi) is 5.88. The number of aryl methyl sites for hydroxylation is 1. The first-order valence-corrected chi connectivity index (χ1v) is 6.04. The molecule has 17 heavy (non-hydrogen) atoms. The minimum Gasteiger partial charge on any atom is -0.456 e. The molecule has 90 valence electrons. The van der Waals surface area contributed by atoms with E-state index in [0.717, 1.165) is 12.0 Å². The van der Waals surface area contributed by atoms with Gasteiger partial charge in [-0.1, -0.05) is 31.4 Å². The summed E-state index contributed by atoms with van der Waals surface area (Å²) in [5.74, 6) is 4.77. The third kappa shape index (κ3) is 5.21. The van der Waals surface area contributed by atoms with Gasteiger partial charge in [0.2, 0.25) is 0 Å². The molecule has 1 aromatic rings. The van der Waals surface area contributed by atoms with Crippen LogP contribution in [-0.2, 0) is 16.0 Å². The Balaban J connectivity index is 2.58. The first kappa shape index (κ1) is 13.3. The molecule has 0 bridgehead atoms. The van der Waals surface area contributed by atoms with Crippen LogP contribution in [0, 0.1) is 11.8 Å². The van der Waals surface area contributed by atoms with E-state index in [1.165, 1.54) is 18.4 Å². The van der Waals surface area contributed by atoms with E-state index >= 15 is 0 Å². The van der Waals surface area contributed by atoms with Gasteiger partial charge in [0.15, 0.2) is 0 Å². The van der Waals surface area contributed by atoms with Crippen LogP contribution in [0.15, 0.2) is 24.3 Å². The lowest BCUT2D eigenvalue weighted by Gasteiger charge is -1.99. The zero-order valence-electron chi connectivity index (χ0n) is 10.5. The summed E-state index contributed by atoms with van der Waals surface area (Å²) in [6.07, 6.45) is 3.50. The Labute approximate surface area is 103 Å². The lowest BCUT2D eigenvalue weighted by Crippen LogP contribution is -1.99. The van der Waals surface area contributed by atoms with Crippen molar-refractivity contribution in [2.75, 3.05) is 6.61 Å². The molecule has 0 fully saturated rings. The highest BCUT2D eigenvalue weighted by atomic mass is 16.5. The van der Waals surface area contributed by atoms with Gasteiger partial charge in [0.25, 0.3) is 0 Å². The molecule has 0 unspecified atom stereocenters. The van der Waals surface area contributed by atoms with Crippen LogP contribution in [0.3, 0.4) is 0 Å². The highest BCUT2D eigenvalue weighted by Gasteiger charge is 1.94. The van der Waals surface area contributed by atoms with Crippen molar-refractivity contribution < 1.29 is 9.53 Å². The normalized spacial score (nSPS) is 9.29. The molecule has 0 aliphatic heterocycles. The summed E-state index contributed by atoms with van der Waals surface area (Å²) in [7, 11) is 0. The van der Waals surface area contributed by atoms with E-state index in [4.69, 9.17) is 4.74 Å².